The number of aliphatic hydroxyl groups excluding tert-OH is 1. The predicted molar refractivity (Wildman–Crippen MR) is 74.9 cm³/mol. The number of hydrogen-bond acceptors (Lipinski definition) is 1. The van der Waals surface area contributed by atoms with Crippen molar-refractivity contribution in [2.75, 3.05) is 0 Å². The van der Waals surface area contributed by atoms with E-state index >= 15 is 0 Å². The molecule has 1 rings (SSSR count). The summed E-state index contributed by atoms with van der Waals surface area (Å²) in [5.41, 5.74) is 1.22. The Morgan fingerprint density at radius 2 is 1.41 bits per heavy atom. The van der Waals surface area contributed by atoms with Gasteiger partial charge in [-0.05, 0) is 50.0 Å². The van der Waals surface area contributed by atoms with Crippen LogP contribution in [0.15, 0.2) is 36.0 Å². The summed E-state index contributed by atoms with van der Waals surface area (Å²) in [6.45, 7) is 4.16. The monoisotopic (exact) mass is 234 g/mol. The fraction of sp³-hybridized carbons (Fsp3) is 0.625. The highest BCUT2D eigenvalue weighted by Crippen LogP contribution is 2.19. The van der Waals surface area contributed by atoms with E-state index in [0.717, 1.165) is 38.5 Å². The van der Waals surface area contributed by atoms with Crippen molar-refractivity contribution >= 4 is 0 Å². The van der Waals surface area contributed by atoms with Crippen LogP contribution >= 0.6 is 0 Å². The zero-order valence-electron chi connectivity index (χ0n) is 11.2. The summed E-state index contributed by atoms with van der Waals surface area (Å²) in [7, 11) is 0. The lowest BCUT2D eigenvalue weighted by Gasteiger charge is -2.18. The molecule has 0 bridgehead atoms. The van der Waals surface area contributed by atoms with E-state index in [9.17, 15) is 5.11 Å². The molecule has 1 aliphatic carbocycles. The van der Waals surface area contributed by atoms with Gasteiger partial charge >= 0.3 is 0 Å². The van der Waals surface area contributed by atoms with Gasteiger partial charge in [-0.15, -0.1) is 0 Å². The fourth-order valence-corrected chi connectivity index (χ4v) is 2.08. The number of allylic oxidation sites excluding steroid dienone is 5. The maximum absolute atomic E-state index is 10.1. The summed E-state index contributed by atoms with van der Waals surface area (Å²) in [5.74, 6) is 0.314. The summed E-state index contributed by atoms with van der Waals surface area (Å²) in [6.07, 6.45) is 17.5. The molecule has 1 atom stereocenters. The summed E-state index contributed by atoms with van der Waals surface area (Å²) < 4.78 is 0. The molecule has 0 aromatic rings. The van der Waals surface area contributed by atoms with Gasteiger partial charge in [0.2, 0.25) is 0 Å². The summed E-state index contributed by atoms with van der Waals surface area (Å²) >= 11 is 0. The minimum absolute atomic E-state index is 0.268. The molecule has 0 fully saturated rings. The number of aliphatic hydroxyl groups is 1. The van der Waals surface area contributed by atoms with Crippen molar-refractivity contribution in [2.45, 2.75) is 58.5 Å². The second kappa shape index (κ2) is 8.30. The highest BCUT2D eigenvalue weighted by Gasteiger charge is 2.13. The van der Waals surface area contributed by atoms with E-state index in [1.54, 1.807) is 0 Å². The van der Waals surface area contributed by atoms with Crippen molar-refractivity contribution in [1.82, 2.24) is 0 Å². The molecule has 96 valence electrons. The SMILES string of the molecule is CC(C)C(O)/C1=C/CC/C=C\CC/C=C\CC1. The van der Waals surface area contributed by atoms with Crippen LogP contribution in [-0.4, -0.2) is 11.2 Å². The molecular formula is C16H26O. The van der Waals surface area contributed by atoms with Gasteiger partial charge in [0.05, 0.1) is 6.10 Å². The van der Waals surface area contributed by atoms with E-state index < -0.39 is 0 Å². The first-order valence-corrected chi connectivity index (χ1v) is 6.89. The topological polar surface area (TPSA) is 20.2 Å². The lowest BCUT2D eigenvalue weighted by Crippen LogP contribution is -2.17. The Morgan fingerprint density at radius 1 is 0.882 bits per heavy atom. The molecule has 0 spiro atoms. The standard InChI is InChI=1S/C16H26O/c1-14(2)16(17)15-12-10-8-6-4-3-5-7-9-11-13-15/h4,6-7,9,12,14,16-17H,3,5,8,10-11,13H2,1-2H3/b6-4-,9-7-,15-12+. The first-order valence-electron chi connectivity index (χ1n) is 6.89. The van der Waals surface area contributed by atoms with Crippen LogP contribution in [0.1, 0.15) is 52.4 Å². The summed E-state index contributed by atoms with van der Waals surface area (Å²) in [4.78, 5) is 0. The zero-order chi connectivity index (χ0) is 12.5. The van der Waals surface area contributed by atoms with Crippen LogP contribution in [0.2, 0.25) is 0 Å². The van der Waals surface area contributed by atoms with Crippen LogP contribution < -0.4 is 0 Å². The quantitative estimate of drug-likeness (QED) is 0.702. The smallest absolute Gasteiger partial charge is 0.0773 e. The molecule has 17 heavy (non-hydrogen) atoms. The van der Waals surface area contributed by atoms with E-state index in [0.29, 0.717) is 5.92 Å². The molecule has 0 aromatic heterocycles. The van der Waals surface area contributed by atoms with E-state index in [1.165, 1.54) is 5.57 Å². The third-order valence-corrected chi connectivity index (χ3v) is 3.18. The van der Waals surface area contributed by atoms with E-state index in [1.807, 2.05) is 0 Å². The molecule has 0 saturated heterocycles. The molecule has 0 heterocycles. The van der Waals surface area contributed by atoms with Crippen LogP contribution in [0.25, 0.3) is 0 Å². The molecule has 1 N–H and O–H groups in total. The van der Waals surface area contributed by atoms with Crippen LogP contribution in [0.3, 0.4) is 0 Å². The average Bonchev–Trinajstić information content (AvgIpc) is 2.29. The van der Waals surface area contributed by atoms with Crippen molar-refractivity contribution in [3.8, 4) is 0 Å². The third kappa shape index (κ3) is 5.88. The first kappa shape index (κ1) is 14.2. The molecule has 1 unspecified atom stereocenters. The van der Waals surface area contributed by atoms with Gasteiger partial charge in [0.1, 0.15) is 0 Å². The molecule has 1 aliphatic rings. The lowest BCUT2D eigenvalue weighted by molar-refractivity contribution is 0.156. The molecule has 1 nitrogen and oxygen atoms in total. The van der Waals surface area contributed by atoms with Crippen molar-refractivity contribution in [3.05, 3.63) is 36.0 Å². The zero-order valence-corrected chi connectivity index (χ0v) is 11.2. The van der Waals surface area contributed by atoms with Crippen molar-refractivity contribution < 1.29 is 5.11 Å². The molecular weight excluding hydrogens is 208 g/mol. The molecule has 0 aromatic carbocycles. The van der Waals surface area contributed by atoms with Gasteiger partial charge in [-0.25, -0.2) is 0 Å². The van der Waals surface area contributed by atoms with Crippen LogP contribution in [0.4, 0.5) is 0 Å². The predicted octanol–water partition coefficient (Wildman–Crippen LogP) is 4.40. The van der Waals surface area contributed by atoms with Gasteiger partial charge < -0.3 is 5.11 Å². The molecule has 0 radical (unpaired) electrons. The minimum Gasteiger partial charge on any atom is -0.388 e. The highest BCUT2D eigenvalue weighted by molar-refractivity contribution is 5.11. The molecule has 1 heteroatoms. The van der Waals surface area contributed by atoms with E-state index in [-0.39, 0.29) is 6.10 Å². The Hall–Kier alpha value is -0.820. The Labute approximate surface area is 106 Å². The van der Waals surface area contributed by atoms with Gasteiger partial charge in [-0.3, -0.25) is 0 Å². The van der Waals surface area contributed by atoms with Crippen molar-refractivity contribution in [3.63, 3.8) is 0 Å². The van der Waals surface area contributed by atoms with Gasteiger partial charge in [-0.2, -0.15) is 0 Å². The van der Waals surface area contributed by atoms with Crippen LogP contribution in [0.5, 0.6) is 0 Å². The highest BCUT2D eigenvalue weighted by atomic mass is 16.3. The maximum atomic E-state index is 10.1. The maximum Gasteiger partial charge on any atom is 0.0773 e. The lowest BCUT2D eigenvalue weighted by atomic mass is 9.94. The van der Waals surface area contributed by atoms with Gasteiger partial charge in [0, 0.05) is 0 Å². The molecule has 0 aliphatic heterocycles. The first-order chi connectivity index (χ1) is 8.22. The Balaban J connectivity index is 2.64. The van der Waals surface area contributed by atoms with E-state index in [4.69, 9.17) is 0 Å². The van der Waals surface area contributed by atoms with E-state index in [2.05, 4.69) is 44.2 Å². The number of hydrogen-bond donors (Lipinski definition) is 1. The normalized spacial score (nSPS) is 27.4. The second-order valence-corrected chi connectivity index (χ2v) is 5.10. The fourth-order valence-electron chi connectivity index (χ4n) is 2.08. The van der Waals surface area contributed by atoms with Gasteiger partial charge in [0.25, 0.3) is 0 Å². The Bertz CT molecular complexity index is 284. The molecule has 0 amide bonds. The Morgan fingerprint density at radius 3 is 2.00 bits per heavy atom. The molecule has 0 saturated carbocycles. The van der Waals surface area contributed by atoms with Crippen LogP contribution in [0, 0.1) is 5.92 Å². The van der Waals surface area contributed by atoms with Crippen LogP contribution in [-0.2, 0) is 0 Å². The third-order valence-electron chi connectivity index (χ3n) is 3.18. The minimum atomic E-state index is -0.268. The Kier molecular flexibility index (Phi) is 6.95. The largest absolute Gasteiger partial charge is 0.388 e. The summed E-state index contributed by atoms with van der Waals surface area (Å²) in [5, 5.41) is 10.1. The van der Waals surface area contributed by atoms with Crippen molar-refractivity contribution in [2.24, 2.45) is 5.92 Å². The van der Waals surface area contributed by atoms with Gasteiger partial charge in [-0.1, -0.05) is 44.2 Å². The van der Waals surface area contributed by atoms with Gasteiger partial charge in [0.15, 0.2) is 0 Å². The number of rotatable bonds is 2. The second-order valence-electron chi connectivity index (χ2n) is 5.10. The average molecular weight is 234 g/mol. The summed E-state index contributed by atoms with van der Waals surface area (Å²) in [6, 6.07) is 0. The van der Waals surface area contributed by atoms with Crippen molar-refractivity contribution in [1.29, 1.82) is 0 Å².